The van der Waals surface area contributed by atoms with Gasteiger partial charge < -0.3 is 15.6 Å². The van der Waals surface area contributed by atoms with Gasteiger partial charge in [-0.1, -0.05) is 0 Å². The van der Waals surface area contributed by atoms with Crippen molar-refractivity contribution in [3.63, 3.8) is 0 Å². The van der Waals surface area contributed by atoms with E-state index < -0.39 is 0 Å². The van der Waals surface area contributed by atoms with E-state index in [1.165, 1.54) is 5.56 Å². The summed E-state index contributed by atoms with van der Waals surface area (Å²) in [5, 5.41) is 0. The van der Waals surface area contributed by atoms with E-state index >= 15 is 0 Å². The predicted octanol–water partition coefficient (Wildman–Crippen LogP) is 1.30. The largest absolute Gasteiger partial charge is 0.352 e. The number of aromatic amines is 1. The minimum Gasteiger partial charge on any atom is -0.352 e. The van der Waals surface area contributed by atoms with Crippen LogP contribution in [-0.4, -0.2) is 24.0 Å². The molecule has 12 heavy (non-hydrogen) atoms. The number of rotatable bonds is 3. The molecular formula is C8H14BrN3. The lowest BCUT2D eigenvalue weighted by molar-refractivity contribution is 0.402. The molecule has 3 nitrogen and oxygen atoms in total. The summed E-state index contributed by atoms with van der Waals surface area (Å²) in [6, 6.07) is 2.09. The third kappa shape index (κ3) is 2.33. The monoisotopic (exact) mass is 231 g/mol. The molecule has 3 N–H and O–H groups in total. The highest BCUT2D eigenvalue weighted by molar-refractivity contribution is 9.10. The molecule has 0 bridgehead atoms. The molecule has 0 saturated carbocycles. The first-order chi connectivity index (χ1) is 5.63. The second-order valence-electron chi connectivity index (χ2n) is 3.08. The van der Waals surface area contributed by atoms with Gasteiger partial charge in [0.05, 0.1) is 4.60 Å². The SMILES string of the molecule is CN(C)Cc1cc(CN)[nH]c1Br. The number of halogens is 1. The average molecular weight is 232 g/mol. The Morgan fingerprint density at radius 1 is 1.58 bits per heavy atom. The fourth-order valence-electron chi connectivity index (χ4n) is 1.10. The Morgan fingerprint density at radius 2 is 2.25 bits per heavy atom. The Bertz CT molecular complexity index is 255. The second kappa shape index (κ2) is 4.07. The summed E-state index contributed by atoms with van der Waals surface area (Å²) in [5.41, 5.74) is 7.82. The molecule has 1 heterocycles. The molecule has 0 radical (unpaired) electrons. The van der Waals surface area contributed by atoms with E-state index in [1.807, 2.05) is 14.1 Å². The van der Waals surface area contributed by atoms with Gasteiger partial charge in [0, 0.05) is 18.8 Å². The van der Waals surface area contributed by atoms with E-state index in [9.17, 15) is 0 Å². The van der Waals surface area contributed by atoms with Crippen molar-refractivity contribution in [2.24, 2.45) is 5.73 Å². The minimum absolute atomic E-state index is 0.562. The van der Waals surface area contributed by atoms with Gasteiger partial charge in [-0.05, 0) is 41.7 Å². The maximum atomic E-state index is 5.50. The van der Waals surface area contributed by atoms with Gasteiger partial charge in [-0.2, -0.15) is 0 Å². The minimum atomic E-state index is 0.562. The molecule has 0 aliphatic carbocycles. The topological polar surface area (TPSA) is 45.0 Å². The Balaban J connectivity index is 2.77. The van der Waals surface area contributed by atoms with E-state index in [4.69, 9.17) is 5.73 Å². The van der Waals surface area contributed by atoms with Gasteiger partial charge in [-0.15, -0.1) is 0 Å². The molecule has 0 atom stereocenters. The van der Waals surface area contributed by atoms with Gasteiger partial charge >= 0.3 is 0 Å². The fourth-order valence-corrected chi connectivity index (χ4v) is 1.59. The van der Waals surface area contributed by atoms with E-state index in [2.05, 4.69) is 31.9 Å². The Labute approximate surface area is 81.1 Å². The predicted molar refractivity (Wildman–Crippen MR) is 53.8 cm³/mol. The first-order valence-electron chi connectivity index (χ1n) is 3.84. The molecule has 0 amide bonds. The van der Waals surface area contributed by atoms with Crippen LogP contribution in [0.1, 0.15) is 11.3 Å². The zero-order chi connectivity index (χ0) is 9.14. The summed E-state index contributed by atoms with van der Waals surface area (Å²) < 4.78 is 1.04. The molecule has 1 aromatic heterocycles. The van der Waals surface area contributed by atoms with Crippen LogP contribution in [0.2, 0.25) is 0 Å². The second-order valence-corrected chi connectivity index (χ2v) is 3.87. The van der Waals surface area contributed by atoms with Crippen molar-refractivity contribution in [3.05, 3.63) is 21.9 Å². The van der Waals surface area contributed by atoms with Gasteiger partial charge in [-0.3, -0.25) is 0 Å². The normalized spacial score (nSPS) is 11.1. The lowest BCUT2D eigenvalue weighted by atomic mass is 10.3. The fraction of sp³-hybridized carbons (Fsp3) is 0.500. The van der Waals surface area contributed by atoms with Crippen molar-refractivity contribution in [3.8, 4) is 0 Å². The summed E-state index contributed by atoms with van der Waals surface area (Å²) in [5.74, 6) is 0. The number of nitrogens with zero attached hydrogens (tertiary/aromatic N) is 1. The Kier molecular flexibility index (Phi) is 3.31. The van der Waals surface area contributed by atoms with Crippen molar-refractivity contribution in [1.29, 1.82) is 0 Å². The summed E-state index contributed by atoms with van der Waals surface area (Å²) in [4.78, 5) is 5.28. The zero-order valence-corrected chi connectivity index (χ0v) is 8.98. The molecule has 0 aliphatic heterocycles. The first-order valence-corrected chi connectivity index (χ1v) is 4.64. The van der Waals surface area contributed by atoms with Crippen molar-refractivity contribution >= 4 is 15.9 Å². The number of nitrogens with two attached hydrogens (primary N) is 1. The van der Waals surface area contributed by atoms with E-state index in [1.54, 1.807) is 0 Å². The van der Waals surface area contributed by atoms with Crippen LogP contribution in [0.5, 0.6) is 0 Å². The molecule has 0 fully saturated rings. The van der Waals surface area contributed by atoms with Crippen molar-refractivity contribution < 1.29 is 0 Å². The number of hydrogen-bond acceptors (Lipinski definition) is 2. The van der Waals surface area contributed by atoms with Gasteiger partial charge in [0.1, 0.15) is 0 Å². The lowest BCUT2D eigenvalue weighted by Gasteiger charge is -2.07. The quantitative estimate of drug-likeness (QED) is 0.824. The van der Waals surface area contributed by atoms with Gasteiger partial charge in [-0.25, -0.2) is 0 Å². The summed E-state index contributed by atoms with van der Waals surface area (Å²) in [6.07, 6.45) is 0. The Morgan fingerprint density at radius 3 is 2.67 bits per heavy atom. The number of H-pyrrole nitrogens is 1. The van der Waals surface area contributed by atoms with Crippen molar-refractivity contribution in [2.45, 2.75) is 13.1 Å². The molecule has 0 aromatic carbocycles. The molecular weight excluding hydrogens is 218 g/mol. The molecule has 0 saturated heterocycles. The third-order valence-corrected chi connectivity index (χ3v) is 2.31. The molecule has 0 aliphatic rings. The maximum Gasteiger partial charge on any atom is 0.0868 e. The highest BCUT2D eigenvalue weighted by atomic mass is 79.9. The van der Waals surface area contributed by atoms with Crippen LogP contribution < -0.4 is 5.73 Å². The van der Waals surface area contributed by atoms with Crippen molar-refractivity contribution in [1.82, 2.24) is 9.88 Å². The summed E-state index contributed by atoms with van der Waals surface area (Å²) in [6.45, 7) is 1.49. The average Bonchev–Trinajstić information content (AvgIpc) is 2.31. The van der Waals surface area contributed by atoms with E-state index in [0.29, 0.717) is 6.54 Å². The summed E-state index contributed by atoms with van der Waals surface area (Å²) in [7, 11) is 4.09. The highest BCUT2D eigenvalue weighted by Gasteiger charge is 2.04. The molecule has 0 spiro atoms. The smallest absolute Gasteiger partial charge is 0.0868 e. The van der Waals surface area contributed by atoms with Gasteiger partial charge in [0.2, 0.25) is 0 Å². The first kappa shape index (κ1) is 9.77. The van der Waals surface area contributed by atoms with E-state index in [-0.39, 0.29) is 0 Å². The maximum absolute atomic E-state index is 5.50. The number of hydrogen-bond donors (Lipinski definition) is 2. The standard InChI is InChI=1S/C8H14BrN3/c1-12(2)5-6-3-7(4-10)11-8(6)9/h3,11H,4-5,10H2,1-2H3. The molecule has 1 rings (SSSR count). The van der Waals surface area contributed by atoms with E-state index in [0.717, 1.165) is 16.8 Å². The number of aromatic nitrogens is 1. The van der Waals surface area contributed by atoms with Gasteiger partial charge in [0.15, 0.2) is 0 Å². The summed E-state index contributed by atoms with van der Waals surface area (Å²) >= 11 is 3.45. The van der Waals surface area contributed by atoms with Crippen molar-refractivity contribution in [2.75, 3.05) is 14.1 Å². The van der Waals surface area contributed by atoms with Gasteiger partial charge in [0.25, 0.3) is 0 Å². The van der Waals surface area contributed by atoms with Crippen LogP contribution in [0.15, 0.2) is 10.7 Å². The van der Waals surface area contributed by atoms with Crippen LogP contribution in [0.4, 0.5) is 0 Å². The Hall–Kier alpha value is -0.320. The van der Waals surface area contributed by atoms with Crippen LogP contribution >= 0.6 is 15.9 Å². The molecule has 0 unspecified atom stereocenters. The van der Waals surface area contributed by atoms with Crippen LogP contribution in [0, 0.1) is 0 Å². The van der Waals surface area contributed by atoms with Crippen LogP contribution in [0.3, 0.4) is 0 Å². The number of nitrogens with one attached hydrogen (secondary N) is 1. The lowest BCUT2D eigenvalue weighted by Crippen LogP contribution is -2.10. The van der Waals surface area contributed by atoms with Crippen LogP contribution in [0.25, 0.3) is 0 Å². The molecule has 4 heteroatoms. The van der Waals surface area contributed by atoms with Crippen LogP contribution in [-0.2, 0) is 13.1 Å². The zero-order valence-electron chi connectivity index (χ0n) is 7.39. The highest BCUT2D eigenvalue weighted by Crippen LogP contribution is 2.17. The molecule has 1 aromatic rings. The molecule has 68 valence electrons. The third-order valence-electron chi connectivity index (χ3n) is 1.61.